The number of azo groups is 1. The number of fused-ring (bicyclic) bond motifs is 1. The molecule has 5 aromatic rings. The first-order chi connectivity index (χ1) is 21.9. The summed E-state index contributed by atoms with van der Waals surface area (Å²) in [5.41, 5.74) is -1.31. The highest BCUT2D eigenvalue weighted by molar-refractivity contribution is 7.86. The van der Waals surface area contributed by atoms with Crippen LogP contribution in [0.25, 0.3) is 10.8 Å². The third kappa shape index (κ3) is 7.72. The molecule has 0 fully saturated rings. The van der Waals surface area contributed by atoms with E-state index in [0.29, 0.717) is 16.8 Å². The van der Waals surface area contributed by atoms with Gasteiger partial charge in [-0.25, -0.2) is 0 Å². The fourth-order valence-corrected chi connectivity index (χ4v) is 6.31. The molecule has 0 aliphatic heterocycles. The monoisotopic (exact) mass is 741 g/mol. The average Bonchev–Trinajstić information content (AvgIpc) is 2.94. The van der Waals surface area contributed by atoms with E-state index < -0.39 is 62.2 Å². The van der Waals surface area contributed by atoms with E-state index in [1.165, 1.54) is 12.1 Å². The smallest absolute Gasteiger partial charge is 0.296 e. The summed E-state index contributed by atoms with van der Waals surface area (Å²) in [5, 5.41) is 23.4. The average molecular weight is 743 g/mol. The van der Waals surface area contributed by atoms with E-state index in [1.54, 1.807) is 24.3 Å². The predicted octanol–water partition coefficient (Wildman–Crippen LogP) is 5.68. The van der Waals surface area contributed by atoms with Gasteiger partial charge in [-0.15, -0.1) is 10.2 Å². The van der Waals surface area contributed by atoms with Crippen LogP contribution in [0.15, 0.2) is 91.6 Å². The van der Waals surface area contributed by atoms with Gasteiger partial charge in [0, 0.05) is 16.1 Å². The van der Waals surface area contributed by atoms with Crippen LogP contribution in [0.3, 0.4) is 0 Å². The van der Waals surface area contributed by atoms with Crippen LogP contribution in [-0.2, 0) is 30.4 Å². The third-order valence-electron chi connectivity index (χ3n) is 6.04. The zero-order chi connectivity index (χ0) is 34.3. The summed E-state index contributed by atoms with van der Waals surface area (Å²) in [5.74, 6) is -1.48. The first-order valence-corrected chi connectivity index (χ1v) is 17.5. The quantitative estimate of drug-likeness (QED) is 0.0783. The lowest BCUT2D eigenvalue weighted by Crippen LogP contribution is -2.06. The summed E-state index contributed by atoms with van der Waals surface area (Å²) >= 11 is 12.1. The van der Waals surface area contributed by atoms with Gasteiger partial charge >= 0.3 is 0 Å². The Morgan fingerprint density at radius 2 is 1.34 bits per heavy atom. The minimum atomic E-state index is -5.24. The molecule has 6 N–H and O–H groups in total. The minimum Gasteiger partial charge on any atom is -0.505 e. The first kappa shape index (κ1) is 33.8. The molecule has 22 heteroatoms. The van der Waals surface area contributed by atoms with Crippen molar-refractivity contribution in [1.29, 1.82) is 0 Å². The third-order valence-corrected chi connectivity index (χ3v) is 9.04. The normalized spacial score (nSPS) is 12.4. The minimum absolute atomic E-state index is 0.116. The molecular formula is C25H17Cl2N7O10S3. The zero-order valence-corrected chi connectivity index (χ0v) is 26.8. The molecule has 244 valence electrons. The van der Waals surface area contributed by atoms with Gasteiger partial charge in [0.05, 0.1) is 10.6 Å². The van der Waals surface area contributed by atoms with Gasteiger partial charge in [0.25, 0.3) is 30.4 Å². The number of benzene rings is 4. The molecule has 47 heavy (non-hydrogen) atoms. The summed E-state index contributed by atoms with van der Waals surface area (Å²) in [6.07, 6.45) is 0. The molecule has 0 radical (unpaired) electrons. The van der Waals surface area contributed by atoms with Gasteiger partial charge in [0.1, 0.15) is 21.2 Å². The topological polar surface area (TPSA) is 271 Å². The lowest BCUT2D eigenvalue weighted by Gasteiger charge is -2.15. The van der Waals surface area contributed by atoms with Crippen LogP contribution in [-0.4, -0.2) is 59.0 Å². The second-order valence-electron chi connectivity index (χ2n) is 9.25. The standard InChI is InChI=1S/C25H17Cl2N7O10S3/c26-13-4-3-5-14(10-13)28-24-30-23(27)31-25(32-24)29-17-11-15(45(36,37)38)8-12-9-19(47(42,43)44)21(22(35)20(12)17)34-33-16-6-1-2-7-18(16)46(39,40)41/h1-11,35H,(H,36,37,38)(H,39,40,41)(H,42,43,44)(H2,28,29,30,31,32). The van der Waals surface area contributed by atoms with Crippen LogP contribution < -0.4 is 10.6 Å². The molecule has 0 amide bonds. The molecule has 0 aliphatic carbocycles. The van der Waals surface area contributed by atoms with Gasteiger partial charge in [-0.2, -0.15) is 40.2 Å². The number of halogens is 2. The number of phenols is 1. The van der Waals surface area contributed by atoms with Gasteiger partial charge in [-0.05, 0) is 65.5 Å². The number of aromatic hydroxyl groups is 1. The van der Waals surface area contributed by atoms with Gasteiger partial charge in [0.15, 0.2) is 5.75 Å². The Hall–Kier alpha value is -4.54. The maximum atomic E-state index is 12.4. The number of hydrogen-bond donors (Lipinski definition) is 6. The highest BCUT2D eigenvalue weighted by Gasteiger charge is 2.26. The van der Waals surface area contributed by atoms with Crippen molar-refractivity contribution in [2.75, 3.05) is 10.6 Å². The molecule has 1 heterocycles. The van der Waals surface area contributed by atoms with Crippen LogP contribution in [0.5, 0.6) is 5.75 Å². The number of aromatic nitrogens is 3. The Morgan fingerprint density at radius 3 is 1.98 bits per heavy atom. The van der Waals surface area contributed by atoms with E-state index in [2.05, 4.69) is 35.8 Å². The lowest BCUT2D eigenvalue weighted by molar-refractivity contribution is 0.472. The molecule has 4 aromatic carbocycles. The number of nitrogens with zero attached hydrogens (tertiary/aromatic N) is 5. The van der Waals surface area contributed by atoms with Crippen molar-refractivity contribution in [2.24, 2.45) is 10.2 Å². The molecule has 0 saturated heterocycles. The molecule has 0 unspecified atom stereocenters. The predicted molar refractivity (Wildman–Crippen MR) is 169 cm³/mol. The highest BCUT2D eigenvalue weighted by atomic mass is 35.5. The van der Waals surface area contributed by atoms with Gasteiger partial charge in [-0.3, -0.25) is 13.7 Å². The zero-order valence-electron chi connectivity index (χ0n) is 22.8. The fourth-order valence-electron chi connectivity index (χ4n) is 4.14. The molecule has 1 aromatic heterocycles. The summed E-state index contributed by atoms with van der Waals surface area (Å²) in [7, 11) is -15.0. The van der Waals surface area contributed by atoms with Crippen molar-refractivity contribution in [3.05, 3.63) is 77.0 Å². The van der Waals surface area contributed by atoms with Crippen molar-refractivity contribution < 1.29 is 44.0 Å². The van der Waals surface area contributed by atoms with Crippen LogP contribution in [0, 0.1) is 0 Å². The van der Waals surface area contributed by atoms with Crippen molar-refractivity contribution in [3.8, 4) is 5.75 Å². The molecule has 0 spiro atoms. The number of hydrogen-bond acceptors (Lipinski definition) is 14. The van der Waals surface area contributed by atoms with Crippen LogP contribution in [0.4, 0.5) is 34.6 Å². The maximum Gasteiger partial charge on any atom is 0.296 e. The number of anilines is 4. The van der Waals surface area contributed by atoms with E-state index >= 15 is 0 Å². The second-order valence-corrected chi connectivity index (χ2v) is 14.2. The summed E-state index contributed by atoms with van der Waals surface area (Å²) in [4.78, 5) is 9.41. The van der Waals surface area contributed by atoms with Crippen molar-refractivity contribution in [1.82, 2.24) is 15.0 Å². The summed E-state index contributed by atoms with van der Waals surface area (Å²) < 4.78 is 102. The maximum absolute atomic E-state index is 12.4. The van der Waals surface area contributed by atoms with Crippen molar-refractivity contribution in [2.45, 2.75) is 14.7 Å². The number of rotatable bonds is 9. The second kappa shape index (κ2) is 12.6. The Morgan fingerprint density at radius 1 is 0.681 bits per heavy atom. The van der Waals surface area contributed by atoms with Gasteiger partial charge in [0.2, 0.25) is 17.2 Å². The largest absolute Gasteiger partial charge is 0.505 e. The van der Waals surface area contributed by atoms with Crippen LogP contribution >= 0.6 is 23.2 Å². The molecule has 5 rings (SSSR count). The van der Waals surface area contributed by atoms with E-state index in [9.17, 15) is 44.0 Å². The molecule has 0 saturated carbocycles. The van der Waals surface area contributed by atoms with Crippen molar-refractivity contribution in [3.63, 3.8) is 0 Å². The number of phenolic OH excluding ortho intramolecular Hbond substituents is 1. The Kier molecular flexibility index (Phi) is 9.05. The lowest BCUT2D eigenvalue weighted by atomic mass is 10.1. The van der Waals surface area contributed by atoms with Gasteiger partial charge < -0.3 is 15.7 Å². The molecule has 0 aliphatic rings. The first-order valence-electron chi connectivity index (χ1n) is 12.4. The van der Waals surface area contributed by atoms with Crippen LogP contribution in [0.2, 0.25) is 10.3 Å². The van der Waals surface area contributed by atoms with Crippen molar-refractivity contribution >= 4 is 99.0 Å². The summed E-state index contributed by atoms with van der Waals surface area (Å²) in [6.45, 7) is 0. The molecular weight excluding hydrogens is 725 g/mol. The Balaban J connectivity index is 1.72. The Bertz CT molecular complexity index is 2450. The van der Waals surface area contributed by atoms with E-state index in [-0.39, 0.29) is 33.6 Å². The fraction of sp³-hybridized carbons (Fsp3) is 0. The molecule has 0 bridgehead atoms. The van der Waals surface area contributed by atoms with E-state index in [0.717, 1.165) is 24.3 Å². The molecule has 0 atom stereocenters. The molecule has 17 nitrogen and oxygen atoms in total. The van der Waals surface area contributed by atoms with E-state index in [4.69, 9.17) is 23.2 Å². The van der Waals surface area contributed by atoms with Gasteiger partial charge in [-0.1, -0.05) is 29.8 Å². The Labute approximate surface area is 275 Å². The van der Waals surface area contributed by atoms with Crippen LogP contribution in [0.1, 0.15) is 0 Å². The SMILES string of the molecule is O=S(=O)(O)c1cc(Nc2nc(Cl)nc(Nc3cccc(Cl)c3)n2)c2c(O)c(N=Nc3ccccc3S(=O)(=O)O)c(S(=O)(=O)O)cc2c1. The highest BCUT2D eigenvalue weighted by Crippen LogP contribution is 2.46. The number of nitrogens with one attached hydrogen (secondary N) is 2. The summed E-state index contributed by atoms with van der Waals surface area (Å²) in [6, 6.07) is 13.4. The van der Waals surface area contributed by atoms with E-state index in [1.807, 2.05) is 0 Å².